The van der Waals surface area contributed by atoms with Gasteiger partial charge in [0.25, 0.3) is 5.91 Å². The number of hydrogen-bond acceptors (Lipinski definition) is 5. The van der Waals surface area contributed by atoms with E-state index in [2.05, 4.69) is 26.4 Å². The molecule has 1 atom stereocenters. The van der Waals surface area contributed by atoms with Crippen LogP contribution in [0.3, 0.4) is 0 Å². The van der Waals surface area contributed by atoms with E-state index in [4.69, 9.17) is 4.52 Å². The Bertz CT molecular complexity index is 693. The lowest BCUT2D eigenvalue weighted by atomic mass is 10.0. The molecule has 25 heavy (non-hydrogen) atoms. The third kappa shape index (κ3) is 4.07. The smallest absolute Gasteiger partial charge is 0.256 e. The molecule has 0 spiro atoms. The lowest BCUT2D eigenvalue weighted by molar-refractivity contribution is 0.0922. The van der Waals surface area contributed by atoms with Crippen molar-refractivity contribution in [3.63, 3.8) is 0 Å². The molecule has 0 bridgehead atoms. The maximum absolute atomic E-state index is 12.7. The van der Waals surface area contributed by atoms with Gasteiger partial charge in [0.05, 0.1) is 11.7 Å². The Morgan fingerprint density at radius 2 is 2.16 bits per heavy atom. The van der Waals surface area contributed by atoms with Gasteiger partial charge >= 0.3 is 0 Å². The van der Waals surface area contributed by atoms with Crippen LogP contribution in [-0.2, 0) is 6.42 Å². The van der Waals surface area contributed by atoms with E-state index in [1.54, 1.807) is 13.1 Å². The van der Waals surface area contributed by atoms with Gasteiger partial charge < -0.3 is 9.84 Å². The number of aryl methyl sites for hydroxylation is 2. The van der Waals surface area contributed by atoms with Crippen LogP contribution in [0.25, 0.3) is 0 Å². The average Bonchev–Trinajstić information content (AvgIpc) is 3.04. The number of hydrogen-bond donors (Lipinski definition) is 1. The molecule has 0 unspecified atom stereocenters. The molecular formula is C19H26N4O2. The molecule has 1 N–H and O–H groups in total. The van der Waals surface area contributed by atoms with Crippen LogP contribution in [-0.4, -0.2) is 40.6 Å². The first-order valence-electron chi connectivity index (χ1n) is 9.08. The first-order chi connectivity index (χ1) is 12.2. The molecule has 0 aromatic carbocycles. The van der Waals surface area contributed by atoms with Crippen LogP contribution >= 0.6 is 0 Å². The number of amides is 1. The van der Waals surface area contributed by atoms with Crippen molar-refractivity contribution >= 4 is 5.91 Å². The van der Waals surface area contributed by atoms with E-state index < -0.39 is 0 Å². The Hall–Kier alpha value is -2.21. The molecular weight excluding hydrogens is 316 g/mol. The summed E-state index contributed by atoms with van der Waals surface area (Å²) in [7, 11) is 0. The summed E-state index contributed by atoms with van der Waals surface area (Å²) in [5.41, 5.74) is 2.43. The molecule has 0 saturated carbocycles. The van der Waals surface area contributed by atoms with Gasteiger partial charge in [-0.2, -0.15) is 0 Å². The highest BCUT2D eigenvalue weighted by Crippen LogP contribution is 2.24. The number of rotatable bonds is 6. The molecule has 6 heteroatoms. The van der Waals surface area contributed by atoms with E-state index in [1.807, 2.05) is 19.2 Å². The maximum atomic E-state index is 12.7. The lowest BCUT2D eigenvalue weighted by Crippen LogP contribution is -2.40. The fraction of sp³-hybridized carbons (Fsp3) is 0.526. The summed E-state index contributed by atoms with van der Waals surface area (Å²) in [5.74, 6) is 0.465. The fourth-order valence-corrected chi connectivity index (χ4v) is 3.49. The van der Waals surface area contributed by atoms with Crippen LogP contribution < -0.4 is 5.32 Å². The average molecular weight is 342 g/mol. The van der Waals surface area contributed by atoms with Gasteiger partial charge in [-0.3, -0.25) is 14.7 Å². The van der Waals surface area contributed by atoms with Gasteiger partial charge in [-0.1, -0.05) is 24.6 Å². The van der Waals surface area contributed by atoms with Crippen molar-refractivity contribution in [1.29, 1.82) is 0 Å². The second-order valence-electron chi connectivity index (χ2n) is 6.52. The van der Waals surface area contributed by atoms with E-state index >= 15 is 0 Å². The normalized spacial score (nSPS) is 16.6. The topological polar surface area (TPSA) is 71.3 Å². The maximum Gasteiger partial charge on any atom is 0.256 e. The van der Waals surface area contributed by atoms with Gasteiger partial charge in [-0.15, -0.1) is 0 Å². The first-order valence-corrected chi connectivity index (χ1v) is 9.08. The molecule has 2 aromatic heterocycles. The van der Waals surface area contributed by atoms with Crippen molar-refractivity contribution in [3.05, 3.63) is 47.1 Å². The Balaban J connectivity index is 1.74. The summed E-state index contributed by atoms with van der Waals surface area (Å²) < 4.78 is 5.18. The second kappa shape index (κ2) is 8.25. The molecule has 1 aliphatic rings. The number of carbonyl (C=O) groups excluding carboxylic acids is 1. The highest BCUT2D eigenvalue weighted by atomic mass is 16.5. The zero-order valence-electron chi connectivity index (χ0n) is 15.0. The minimum atomic E-state index is -0.110. The van der Waals surface area contributed by atoms with Crippen LogP contribution in [0.1, 0.15) is 59.6 Å². The summed E-state index contributed by atoms with van der Waals surface area (Å²) >= 11 is 0. The van der Waals surface area contributed by atoms with Crippen LogP contribution in [0.15, 0.2) is 29.0 Å². The summed E-state index contributed by atoms with van der Waals surface area (Å²) in [4.78, 5) is 19.4. The van der Waals surface area contributed by atoms with Crippen LogP contribution in [0.2, 0.25) is 0 Å². The highest BCUT2D eigenvalue weighted by Gasteiger charge is 2.25. The number of pyridine rings is 1. The van der Waals surface area contributed by atoms with Crippen molar-refractivity contribution in [2.24, 2.45) is 0 Å². The van der Waals surface area contributed by atoms with Crippen molar-refractivity contribution in [1.82, 2.24) is 20.4 Å². The standard InChI is InChI=1S/C19H26N4O2/c1-3-16-18(14(2)25-22-16)19(24)21-13-17(15-8-7-9-20-12-15)23-10-5-4-6-11-23/h7-9,12,17H,3-6,10-11,13H2,1-2H3,(H,21,24)/t17-/m1/s1. The van der Waals surface area contributed by atoms with E-state index in [0.29, 0.717) is 30.0 Å². The molecule has 0 aliphatic carbocycles. The van der Waals surface area contributed by atoms with Crippen molar-refractivity contribution in [2.45, 2.75) is 45.6 Å². The first kappa shape index (κ1) is 17.6. The Morgan fingerprint density at radius 1 is 1.36 bits per heavy atom. The van der Waals surface area contributed by atoms with Crippen molar-refractivity contribution < 1.29 is 9.32 Å². The van der Waals surface area contributed by atoms with Crippen molar-refractivity contribution in [3.8, 4) is 0 Å². The number of nitrogens with zero attached hydrogens (tertiary/aromatic N) is 3. The van der Waals surface area contributed by atoms with Gasteiger partial charge in [0, 0.05) is 18.9 Å². The van der Waals surface area contributed by atoms with Crippen LogP contribution in [0.5, 0.6) is 0 Å². The number of nitrogens with one attached hydrogen (secondary N) is 1. The SMILES string of the molecule is CCc1noc(C)c1C(=O)NC[C@H](c1cccnc1)N1CCCCC1. The molecule has 1 aliphatic heterocycles. The molecule has 134 valence electrons. The van der Waals surface area contributed by atoms with Gasteiger partial charge in [0.2, 0.25) is 0 Å². The van der Waals surface area contributed by atoms with Gasteiger partial charge in [0.15, 0.2) is 0 Å². The molecule has 6 nitrogen and oxygen atoms in total. The molecule has 2 aromatic rings. The Labute approximate surface area is 148 Å². The highest BCUT2D eigenvalue weighted by molar-refractivity contribution is 5.96. The number of carbonyl (C=O) groups is 1. The number of piperidine rings is 1. The molecule has 1 saturated heterocycles. The van der Waals surface area contributed by atoms with E-state index in [9.17, 15) is 4.79 Å². The third-order valence-electron chi connectivity index (χ3n) is 4.85. The van der Waals surface area contributed by atoms with E-state index in [0.717, 1.165) is 18.7 Å². The molecule has 3 heterocycles. The van der Waals surface area contributed by atoms with Crippen LogP contribution in [0, 0.1) is 6.92 Å². The molecule has 1 amide bonds. The van der Waals surface area contributed by atoms with Gasteiger partial charge in [-0.25, -0.2) is 0 Å². The Kier molecular flexibility index (Phi) is 5.81. The Morgan fingerprint density at radius 3 is 2.84 bits per heavy atom. The summed E-state index contributed by atoms with van der Waals surface area (Å²) in [6.45, 7) is 6.42. The monoisotopic (exact) mass is 342 g/mol. The predicted octanol–water partition coefficient (Wildman–Crippen LogP) is 2.90. The van der Waals surface area contributed by atoms with E-state index in [1.165, 1.54) is 19.3 Å². The third-order valence-corrected chi connectivity index (χ3v) is 4.85. The number of aromatic nitrogens is 2. The number of likely N-dealkylation sites (tertiary alicyclic amines) is 1. The van der Waals surface area contributed by atoms with Crippen LogP contribution in [0.4, 0.5) is 0 Å². The van der Waals surface area contributed by atoms with Gasteiger partial charge in [0.1, 0.15) is 11.3 Å². The predicted molar refractivity (Wildman–Crippen MR) is 95.4 cm³/mol. The zero-order chi connectivity index (χ0) is 17.6. The van der Waals surface area contributed by atoms with Crippen molar-refractivity contribution in [2.75, 3.05) is 19.6 Å². The minimum absolute atomic E-state index is 0.110. The lowest BCUT2D eigenvalue weighted by Gasteiger charge is -2.34. The quantitative estimate of drug-likeness (QED) is 0.874. The summed E-state index contributed by atoms with van der Waals surface area (Å²) in [6.07, 6.45) is 8.04. The van der Waals surface area contributed by atoms with E-state index in [-0.39, 0.29) is 11.9 Å². The largest absolute Gasteiger partial charge is 0.361 e. The molecule has 0 radical (unpaired) electrons. The summed E-state index contributed by atoms with van der Waals surface area (Å²) in [6, 6.07) is 4.18. The zero-order valence-corrected chi connectivity index (χ0v) is 15.0. The minimum Gasteiger partial charge on any atom is -0.361 e. The second-order valence-corrected chi connectivity index (χ2v) is 6.52. The fourth-order valence-electron chi connectivity index (χ4n) is 3.49. The summed E-state index contributed by atoms with van der Waals surface area (Å²) in [5, 5.41) is 7.06. The van der Waals surface area contributed by atoms with Gasteiger partial charge in [-0.05, 0) is 50.9 Å². The molecule has 3 rings (SSSR count). The molecule has 1 fully saturated rings.